The van der Waals surface area contributed by atoms with Crippen LogP contribution in [0.1, 0.15) is 16.1 Å². The Morgan fingerprint density at radius 1 is 1.07 bits per heavy atom. The van der Waals surface area contributed by atoms with E-state index in [1.54, 1.807) is 29.4 Å². The number of rotatable bonds is 6. The molecule has 0 fully saturated rings. The van der Waals surface area contributed by atoms with Crippen LogP contribution in [-0.4, -0.2) is 33.6 Å². The Balaban J connectivity index is 1.51. The van der Waals surface area contributed by atoms with Crippen LogP contribution in [-0.2, 0) is 11.2 Å². The van der Waals surface area contributed by atoms with Gasteiger partial charge in [-0.1, -0.05) is 36.4 Å². The third kappa shape index (κ3) is 4.28. The number of carbonyl (C=O) groups is 2. The van der Waals surface area contributed by atoms with Gasteiger partial charge in [0.25, 0.3) is 5.91 Å². The Morgan fingerprint density at radius 2 is 1.83 bits per heavy atom. The van der Waals surface area contributed by atoms with Gasteiger partial charge in [0.15, 0.2) is 0 Å². The summed E-state index contributed by atoms with van der Waals surface area (Å²) in [5, 5.41) is 12.2. The summed E-state index contributed by atoms with van der Waals surface area (Å²) in [7, 11) is 1.58. The van der Waals surface area contributed by atoms with Crippen molar-refractivity contribution in [2.45, 2.75) is 6.42 Å². The molecule has 4 rings (SSSR count). The third-order valence-corrected chi connectivity index (χ3v) is 5.37. The first-order valence-corrected chi connectivity index (χ1v) is 10.2. The van der Waals surface area contributed by atoms with E-state index in [4.69, 9.17) is 0 Å². The predicted octanol–water partition coefficient (Wildman–Crippen LogP) is 3.54. The highest BCUT2D eigenvalue weighted by atomic mass is 32.1. The summed E-state index contributed by atoms with van der Waals surface area (Å²) in [4.78, 5) is 28.9. The molecule has 8 heteroatoms. The highest BCUT2D eigenvalue weighted by Gasteiger charge is 2.15. The maximum Gasteiger partial charge on any atom is 0.275 e. The van der Waals surface area contributed by atoms with Crippen LogP contribution in [0.25, 0.3) is 16.3 Å². The number of carbonyl (C=O) groups excluding carboxylic acids is 2. The van der Waals surface area contributed by atoms with Gasteiger partial charge in [0, 0.05) is 29.9 Å². The van der Waals surface area contributed by atoms with E-state index < -0.39 is 0 Å². The smallest absolute Gasteiger partial charge is 0.275 e. The molecular formula is C22H19N5O2S. The average Bonchev–Trinajstić information content (AvgIpc) is 3.45. The summed E-state index contributed by atoms with van der Waals surface area (Å²) in [5.41, 5.74) is 3.44. The molecule has 2 N–H and O–H groups in total. The first-order chi connectivity index (χ1) is 14.6. The molecule has 0 bridgehead atoms. The number of aromatic nitrogens is 3. The molecule has 2 aromatic heterocycles. The van der Waals surface area contributed by atoms with E-state index in [1.807, 2.05) is 54.7 Å². The second-order valence-electron chi connectivity index (χ2n) is 6.51. The molecule has 150 valence electrons. The van der Waals surface area contributed by atoms with Gasteiger partial charge >= 0.3 is 0 Å². The van der Waals surface area contributed by atoms with Crippen LogP contribution in [0.5, 0.6) is 0 Å². The number of thiazole rings is 1. The van der Waals surface area contributed by atoms with Crippen molar-refractivity contribution in [1.82, 2.24) is 20.1 Å². The maximum atomic E-state index is 12.7. The molecule has 0 aliphatic heterocycles. The highest BCUT2D eigenvalue weighted by Crippen LogP contribution is 2.25. The number of hydrogen-bond donors (Lipinski definition) is 2. The molecule has 0 saturated carbocycles. The van der Waals surface area contributed by atoms with Crippen LogP contribution in [0, 0.1) is 0 Å². The Bertz CT molecular complexity index is 1180. The topological polar surface area (TPSA) is 88.9 Å². The monoisotopic (exact) mass is 417 g/mol. The van der Waals surface area contributed by atoms with Gasteiger partial charge in [-0.05, 0) is 23.8 Å². The maximum absolute atomic E-state index is 12.7. The van der Waals surface area contributed by atoms with Crippen molar-refractivity contribution in [1.29, 1.82) is 0 Å². The van der Waals surface area contributed by atoms with Gasteiger partial charge in [-0.3, -0.25) is 9.59 Å². The fraction of sp³-hybridized carbons (Fsp3) is 0.0909. The lowest BCUT2D eigenvalue weighted by atomic mass is 10.1. The number of likely N-dealkylation sites (N-methyl/N-ethyl adjacent to an activating group) is 1. The number of benzene rings is 2. The summed E-state index contributed by atoms with van der Waals surface area (Å²) in [5.74, 6) is -0.444. The van der Waals surface area contributed by atoms with Gasteiger partial charge in [0.05, 0.1) is 18.3 Å². The predicted molar refractivity (Wildman–Crippen MR) is 117 cm³/mol. The zero-order chi connectivity index (χ0) is 20.9. The van der Waals surface area contributed by atoms with Crippen molar-refractivity contribution < 1.29 is 9.59 Å². The molecule has 0 aliphatic carbocycles. The second kappa shape index (κ2) is 8.71. The van der Waals surface area contributed by atoms with Crippen LogP contribution < -0.4 is 10.6 Å². The first kappa shape index (κ1) is 19.5. The van der Waals surface area contributed by atoms with Crippen molar-refractivity contribution in [3.63, 3.8) is 0 Å². The molecule has 2 aromatic carbocycles. The van der Waals surface area contributed by atoms with E-state index in [1.165, 1.54) is 11.3 Å². The minimum atomic E-state index is -0.322. The fourth-order valence-electron chi connectivity index (χ4n) is 2.91. The van der Waals surface area contributed by atoms with E-state index in [0.717, 1.165) is 16.8 Å². The average molecular weight is 417 g/mol. The van der Waals surface area contributed by atoms with E-state index in [-0.39, 0.29) is 18.2 Å². The van der Waals surface area contributed by atoms with Gasteiger partial charge in [-0.2, -0.15) is 5.10 Å². The number of para-hydroxylation sites is 2. The second-order valence-corrected chi connectivity index (χ2v) is 7.37. The number of amides is 2. The molecule has 7 nitrogen and oxygen atoms in total. The lowest BCUT2D eigenvalue weighted by Gasteiger charge is -2.09. The Hall–Kier alpha value is -3.78. The lowest BCUT2D eigenvalue weighted by Crippen LogP contribution is -2.21. The Morgan fingerprint density at radius 3 is 2.63 bits per heavy atom. The Labute approximate surface area is 177 Å². The number of hydrogen-bond acceptors (Lipinski definition) is 5. The van der Waals surface area contributed by atoms with Gasteiger partial charge in [-0.25, -0.2) is 9.67 Å². The minimum Gasteiger partial charge on any atom is -0.359 e. The summed E-state index contributed by atoms with van der Waals surface area (Å²) >= 11 is 1.38. The fourth-order valence-corrected chi connectivity index (χ4v) is 3.69. The van der Waals surface area contributed by atoms with Crippen LogP contribution >= 0.6 is 11.3 Å². The molecule has 0 unspecified atom stereocenters. The summed E-state index contributed by atoms with van der Waals surface area (Å²) in [6, 6.07) is 17.0. The Kier molecular flexibility index (Phi) is 5.67. The van der Waals surface area contributed by atoms with Gasteiger partial charge in [0.1, 0.15) is 10.7 Å². The van der Waals surface area contributed by atoms with Gasteiger partial charge < -0.3 is 10.6 Å². The third-order valence-electron chi connectivity index (χ3n) is 4.48. The molecule has 0 radical (unpaired) electrons. The van der Waals surface area contributed by atoms with E-state index >= 15 is 0 Å². The van der Waals surface area contributed by atoms with Crippen molar-refractivity contribution in [3.8, 4) is 16.3 Å². The van der Waals surface area contributed by atoms with Crippen molar-refractivity contribution in [2.24, 2.45) is 0 Å². The molecular weight excluding hydrogens is 398 g/mol. The van der Waals surface area contributed by atoms with Crippen LogP contribution in [0.15, 0.2) is 72.4 Å². The molecule has 30 heavy (non-hydrogen) atoms. The van der Waals surface area contributed by atoms with Gasteiger partial charge in [0.2, 0.25) is 5.91 Å². The van der Waals surface area contributed by atoms with Crippen LogP contribution in [0.4, 0.5) is 5.69 Å². The van der Waals surface area contributed by atoms with E-state index in [0.29, 0.717) is 16.4 Å². The molecule has 0 spiro atoms. The summed E-state index contributed by atoms with van der Waals surface area (Å²) < 4.78 is 1.77. The highest BCUT2D eigenvalue weighted by molar-refractivity contribution is 7.13. The van der Waals surface area contributed by atoms with Crippen LogP contribution in [0.2, 0.25) is 0 Å². The zero-order valence-corrected chi connectivity index (χ0v) is 17.0. The van der Waals surface area contributed by atoms with Crippen LogP contribution in [0.3, 0.4) is 0 Å². The molecule has 0 atom stereocenters. The molecule has 0 saturated heterocycles. The molecule has 2 amide bonds. The normalized spacial score (nSPS) is 10.6. The summed E-state index contributed by atoms with van der Waals surface area (Å²) in [6.07, 6.45) is 3.80. The molecule has 0 aliphatic rings. The van der Waals surface area contributed by atoms with Crippen molar-refractivity contribution >= 4 is 28.8 Å². The zero-order valence-electron chi connectivity index (χ0n) is 16.2. The number of anilines is 1. The van der Waals surface area contributed by atoms with E-state index in [9.17, 15) is 9.59 Å². The number of nitrogens with zero attached hydrogens (tertiary/aromatic N) is 3. The SMILES string of the molecule is CNC(=O)Cc1ccccc1NC(=O)c1csc(-c2cnn(-c3ccccc3)c2)n1. The number of nitrogens with one attached hydrogen (secondary N) is 2. The largest absolute Gasteiger partial charge is 0.359 e. The van der Waals surface area contributed by atoms with Crippen molar-refractivity contribution in [3.05, 3.63) is 83.6 Å². The van der Waals surface area contributed by atoms with Crippen molar-refractivity contribution in [2.75, 3.05) is 12.4 Å². The molecule has 4 aromatic rings. The standard InChI is InChI=1S/C22H19N5O2S/c1-23-20(28)11-15-7-5-6-10-18(15)25-21(29)19-14-30-22(26-19)16-12-24-27(13-16)17-8-3-2-4-9-17/h2-10,12-14H,11H2,1H3,(H,23,28)(H,25,29). The quantitative estimate of drug-likeness (QED) is 0.502. The lowest BCUT2D eigenvalue weighted by molar-refractivity contribution is -0.119. The van der Waals surface area contributed by atoms with Gasteiger partial charge in [-0.15, -0.1) is 11.3 Å². The molecule has 2 heterocycles. The van der Waals surface area contributed by atoms with E-state index in [2.05, 4.69) is 20.7 Å². The minimum absolute atomic E-state index is 0.122. The summed E-state index contributed by atoms with van der Waals surface area (Å²) in [6.45, 7) is 0. The first-order valence-electron chi connectivity index (χ1n) is 9.30.